The molecule has 1 amide bonds. The summed E-state index contributed by atoms with van der Waals surface area (Å²) in [6.07, 6.45) is 2.21. The molecule has 2 unspecified atom stereocenters. The largest absolute Gasteiger partial charge is 0.506 e. The lowest BCUT2D eigenvalue weighted by Crippen LogP contribution is -2.56. The number of hydrogen-bond donors (Lipinski definition) is 5. The number of aliphatic hydroxyl groups excluding tert-OH is 1. The minimum Gasteiger partial charge on any atom is -0.506 e. The Hall–Kier alpha value is -5.49. The van der Waals surface area contributed by atoms with Crippen LogP contribution in [0.15, 0.2) is 102 Å². The number of nitrogens with one attached hydrogen (secondary N) is 3. The van der Waals surface area contributed by atoms with E-state index in [-0.39, 0.29) is 35.8 Å². The standard InChI is InChI=1S/C43H44N4O7/c48-36-15-13-33(34-14-16-39(50)45-40(34)36)37(49)24-44-23-27-5-7-28(8-6-27)26-53-32-11-9-31(10-12-32)41(51)46-43(20-17-29-3-1-2-4-35(29)43)42(52)54-38-25-47-21-18-30(38)19-22-47/h1-16,30,37-38,44,48-49H,17-26H2,(H,45,50)(H,46,51)/t37?,38?,43-/m1/s1. The second-order valence-corrected chi connectivity index (χ2v) is 14.7. The van der Waals surface area contributed by atoms with E-state index >= 15 is 0 Å². The summed E-state index contributed by atoms with van der Waals surface area (Å²) in [5, 5.41) is 27.9. The molecule has 9 rings (SSSR count). The Morgan fingerprint density at radius 1 is 0.926 bits per heavy atom. The summed E-state index contributed by atoms with van der Waals surface area (Å²) in [5.41, 5.74) is 3.63. The van der Waals surface area contributed by atoms with Gasteiger partial charge in [0, 0.05) is 36.7 Å². The third-order valence-electron chi connectivity index (χ3n) is 11.3. The van der Waals surface area contributed by atoms with Crippen LogP contribution in [0, 0.1) is 5.92 Å². The summed E-state index contributed by atoms with van der Waals surface area (Å²) in [5.74, 6) is 0.218. The van der Waals surface area contributed by atoms with Crippen molar-refractivity contribution in [1.82, 2.24) is 20.5 Å². The van der Waals surface area contributed by atoms with Crippen molar-refractivity contribution in [3.63, 3.8) is 0 Å². The average molecular weight is 729 g/mol. The highest BCUT2D eigenvalue weighted by Crippen LogP contribution is 2.40. The zero-order chi connectivity index (χ0) is 37.2. The van der Waals surface area contributed by atoms with Gasteiger partial charge in [0.25, 0.3) is 5.91 Å². The number of phenolic OH excluding ortho intramolecular Hbond substituents is 1. The van der Waals surface area contributed by atoms with Crippen LogP contribution in [0.1, 0.15) is 63.5 Å². The fourth-order valence-electron chi connectivity index (χ4n) is 8.19. The van der Waals surface area contributed by atoms with E-state index in [4.69, 9.17) is 9.47 Å². The lowest BCUT2D eigenvalue weighted by atomic mass is 9.85. The van der Waals surface area contributed by atoms with Gasteiger partial charge in [-0.1, -0.05) is 54.6 Å². The number of benzene rings is 4. The Balaban J connectivity index is 0.850. The first kappa shape index (κ1) is 35.5. The molecular formula is C43H44N4O7. The van der Waals surface area contributed by atoms with E-state index in [9.17, 15) is 24.6 Å². The van der Waals surface area contributed by atoms with Gasteiger partial charge in [-0.15, -0.1) is 0 Å². The number of amides is 1. The van der Waals surface area contributed by atoms with Gasteiger partial charge >= 0.3 is 5.97 Å². The van der Waals surface area contributed by atoms with Gasteiger partial charge in [0.2, 0.25) is 5.56 Å². The number of carbonyl (C=O) groups is 2. The highest BCUT2D eigenvalue weighted by atomic mass is 16.5. The molecule has 5 aromatic rings. The number of aryl methyl sites for hydroxylation is 1. The van der Waals surface area contributed by atoms with Crippen LogP contribution >= 0.6 is 0 Å². The molecule has 1 aromatic heterocycles. The monoisotopic (exact) mass is 728 g/mol. The number of hydrogen-bond acceptors (Lipinski definition) is 9. The van der Waals surface area contributed by atoms with Crippen LogP contribution in [-0.2, 0) is 34.6 Å². The van der Waals surface area contributed by atoms with Gasteiger partial charge in [-0.3, -0.25) is 14.5 Å². The number of H-pyrrole nitrogens is 1. The summed E-state index contributed by atoms with van der Waals surface area (Å²) in [7, 11) is 0. The Morgan fingerprint density at radius 2 is 1.69 bits per heavy atom. The predicted molar refractivity (Wildman–Crippen MR) is 203 cm³/mol. The molecule has 5 N–H and O–H groups in total. The van der Waals surface area contributed by atoms with Gasteiger partial charge in [0.05, 0.1) is 11.6 Å². The number of aromatic nitrogens is 1. The molecule has 54 heavy (non-hydrogen) atoms. The number of esters is 1. The molecule has 278 valence electrons. The van der Waals surface area contributed by atoms with Crippen molar-refractivity contribution in [1.29, 1.82) is 0 Å². The number of nitrogens with zero attached hydrogens (tertiary/aromatic N) is 1. The van der Waals surface area contributed by atoms with E-state index < -0.39 is 11.6 Å². The molecule has 0 spiro atoms. The molecule has 1 aliphatic carbocycles. The van der Waals surface area contributed by atoms with Gasteiger partial charge in [-0.2, -0.15) is 0 Å². The number of piperidine rings is 3. The summed E-state index contributed by atoms with van der Waals surface area (Å²) in [6.45, 7) is 3.99. The lowest BCUT2D eigenvalue weighted by Gasteiger charge is -2.45. The first-order valence-electron chi connectivity index (χ1n) is 18.6. The molecule has 0 radical (unpaired) electrons. The second kappa shape index (κ2) is 15.1. The Kier molecular flexibility index (Phi) is 9.93. The number of pyridine rings is 1. The Bertz CT molecular complexity index is 2210. The highest BCUT2D eigenvalue weighted by Gasteiger charge is 2.50. The first-order valence-corrected chi connectivity index (χ1v) is 18.6. The second-order valence-electron chi connectivity index (χ2n) is 14.7. The molecule has 0 saturated carbocycles. The van der Waals surface area contributed by atoms with Crippen molar-refractivity contribution < 1.29 is 29.3 Å². The summed E-state index contributed by atoms with van der Waals surface area (Å²) in [4.78, 5) is 44.4. The van der Waals surface area contributed by atoms with Crippen LogP contribution in [0.25, 0.3) is 10.9 Å². The molecule has 3 aliphatic heterocycles. The maximum atomic E-state index is 14.0. The number of aromatic amines is 1. The molecule has 3 atom stereocenters. The smallest absolute Gasteiger partial charge is 0.336 e. The van der Waals surface area contributed by atoms with E-state index in [2.05, 4.69) is 20.5 Å². The third-order valence-corrected chi connectivity index (χ3v) is 11.3. The number of phenols is 1. The first-order chi connectivity index (χ1) is 26.3. The van der Waals surface area contributed by atoms with Crippen LogP contribution in [0.3, 0.4) is 0 Å². The third kappa shape index (κ3) is 7.22. The number of aromatic hydroxyl groups is 1. The fraction of sp³-hybridized carbons (Fsp3) is 0.326. The fourth-order valence-corrected chi connectivity index (χ4v) is 8.19. The van der Waals surface area contributed by atoms with Crippen LogP contribution in [0.4, 0.5) is 0 Å². The van der Waals surface area contributed by atoms with Gasteiger partial charge in [0.15, 0.2) is 5.54 Å². The lowest BCUT2D eigenvalue weighted by molar-refractivity contribution is -0.167. The summed E-state index contributed by atoms with van der Waals surface area (Å²) < 4.78 is 12.3. The van der Waals surface area contributed by atoms with Gasteiger partial charge in [-0.25, -0.2) is 4.79 Å². The SMILES string of the molecule is O=C(N[C@]1(C(=O)OC2CN3CCC2CC3)CCc2ccccc21)c1ccc(OCc2ccc(CNCC(O)c3ccc(O)c4[nH]c(=O)ccc34)cc2)cc1. The minimum atomic E-state index is -1.24. The van der Waals surface area contributed by atoms with Crippen LogP contribution in [0.2, 0.25) is 0 Å². The van der Waals surface area contributed by atoms with Crippen LogP contribution < -0.4 is 20.9 Å². The molecular weight excluding hydrogens is 684 g/mol. The Labute approximate surface area is 312 Å². The normalized spacial score (nSPS) is 22.1. The van der Waals surface area contributed by atoms with Crippen LogP contribution in [0.5, 0.6) is 11.5 Å². The van der Waals surface area contributed by atoms with Crippen molar-refractivity contribution in [2.24, 2.45) is 5.92 Å². The van der Waals surface area contributed by atoms with E-state index in [1.54, 1.807) is 36.4 Å². The molecule has 4 aromatic carbocycles. The predicted octanol–water partition coefficient (Wildman–Crippen LogP) is 4.84. The van der Waals surface area contributed by atoms with Crippen molar-refractivity contribution in [3.05, 3.63) is 141 Å². The average Bonchev–Trinajstić information content (AvgIpc) is 3.57. The number of carbonyl (C=O) groups excluding carboxylic acids is 2. The maximum absolute atomic E-state index is 14.0. The quantitative estimate of drug-likeness (QED) is 0.114. The van der Waals surface area contributed by atoms with Crippen molar-refractivity contribution in [3.8, 4) is 11.5 Å². The number of rotatable bonds is 12. The molecule has 4 heterocycles. The maximum Gasteiger partial charge on any atom is 0.336 e. The van der Waals surface area contributed by atoms with E-state index in [1.165, 1.54) is 12.1 Å². The van der Waals surface area contributed by atoms with E-state index in [1.807, 2.05) is 48.5 Å². The zero-order valence-corrected chi connectivity index (χ0v) is 29.9. The molecule has 3 fully saturated rings. The van der Waals surface area contributed by atoms with Gasteiger partial charge in [0.1, 0.15) is 24.2 Å². The molecule has 11 nitrogen and oxygen atoms in total. The van der Waals surface area contributed by atoms with Gasteiger partial charge in [-0.05, 0) is 109 Å². The van der Waals surface area contributed by atoms with Crippen molar-refractivity contribution in [2.75, 3.05) is 26.2 Å². The number of fused-ring (bicyclic) bond motifs is 5. The van der Waals surface area contributed by atoms with Gasteiger partial charge < -0.3 is 35.3 Å². The zero-order valence-electron chi connectivity index (χ0n) is 29.9. The molecule has 2 bridgehead atoms. The number of aliphatic hydroxyl groups is 1. The van der Waals surface area contributed by atoms with Crippen LogP contribution in [-0.4, -0.2) is 64.3 Å². The van der Waals surface area contributed by atoms with E-state index in [0.717, 1.165) is 54.7 Å². The van der Waals surface area contributed by atoms with Crippen molar-refractivity contribution >= 4 is 22.8 Å². The molecule has 11 heteroatoms. The molecule has 3 saturated heterocycles. The highest BCUT2D eigenvalue weighted by molar-refractivity contribution is 5.99. The number of ether oxygens (including phenoxy) is 2. The molecule has 4 aliphatic rings. The summed E-state index contributed by atoms with van der Waals surface area (Å²) >= 11 is 0. The summed E-state index contributed by atoms with van der Waals surface area (Å²) in [6, 6.07) is 28.8. The Morgan fingerprint density at radius 3 is 2.44 bits per heavy atom. The van der Waals surface area contributed by atoms with E-state index in [0.29, 0.717) is 59.7 Å². The van der Waals surface area contributed by atoms with Crippen molar-refractivity contribution in [2.45, 2.75) is 56.6 Å². The minimum absolute atomic E-state index is 0.0472. The topological polar surface area (TPSA) is 153 Å².